The lowest BCUT2D eigenvalue weighted by atomic mass is 10.1. The van der Waals surface area contributed by atoms with E-state index in [1.54, 1.807) is 0 Å². The summed E-state index contributed by atoms with van der Waals surface area (Å²) in [6.07, 6.45) is 22.1. The van der Waals surface area contributed by atoms with Crippen LogP contribution in [0, 0.1) is 0 Å². The smallest absolute Gasteiger partial charge is 0.303 e. The van der Waals surface area contributed by atoms with Gasteiger partial charge in [-0.1, -0.05) is 76.9 Å². The molecule has 0 aliphatic heterocycles. The predicted octanol–water partition coefficient (Wildman–Crippen LogP) is 6.79. The highest BCUT2D eigenvalue weighted by Gasteiger charge is 2.17. The molecule has 0 aromatic rings. The summed E-state index contributed by atoms with van der Waals surface area (Å²) in [7, 11) is -2.59. The van der Waals surface area contributed by atoms with Crippen LogP contribution in [0.2, 0.25) is 0 Å². The summed E-state index contributed by atoms with van der Waals surface area (Å²) in [6.45, 7) is 2.55. The monoisotopic (exact) mass is 362 g/mol. The van der Waals surface area contributed by atoms with Crippen LogP contribution in [-0.2, 0) is 13.6 Å². The van der Waals surface area contributed by atoms with Crippen molar-refractivity contribution in [3.05, 3.63) is 12.2 Å². The fourth-order valence-corrected chi connectivity index (χ4v) is 3.05. The summed E-state index contributed by atoms with van der Waals surface area (Å²) in [5.41, 5.74) is 0. The molecule has 5 heteroatoms. The van der Waals surface area contributed by atoms with E-state index in [2.05, 4.69) is 23.6 Å². The summed E-state index contributed by atoms with van der Waals surface area (Å²) < 4.78 is 20.2. The molecule has 0 aliphatic rings. The third-order valence-corrected chi connectivity index (χ3v) is 5.11. The Morgan fingerprint density at radius 1 is 0.792 bits per heavy atom. The van der Waals surface area contributed by atoms with Crippen molar-refractivity contribution in [2.45, 2.75) is 96.8 Å². The summed E-state index contributed by atoms with van der Waals surface area (Å²) in [6, 6.07) is 0. The Balaban J connectivity index is 3.17. The third kappa shape index (κ3) is 18.2. The van der Waals surface area contributed by atoms with E-state index in [1.807, 2.05) is 0 Å². The van der Waals surface area contributed by atoms with Crippen LogP contribution in [0.5, 0.6) is 0 Å². The van der Waals surface area contributed by atoms with E-state index in [0.717, 1.165) is 19.3 Å². The molecular weight excluding hydrogens is 323 g/mol. The lowest BCUT2D eigenvalue weighted by Gasteiger charge is -2.08. The van der Waals surface area contributed by atoms with Crippen LogP contribution in [0.15, 0.2) is 12.2 Å². The SMILES string of the molecule is CCCCCCCC/C=C\CCCCCCCCOP(=O)(O)OC. The number of unbranched alkanes of at least 4 members (excludes halogenated alkanes) is 12. The van der Waals surface area contributed by atoms with Gasteiger partial charge in [-0.05, 0) is 32.1 Å². The van der Waals surface area contributed by atoms with Gasteiger partial charge in [0.05, 0.1) is 6.61 Å². The molecule has 0 saturated heterocycles. The average molecular weight is 362 g/mol. The number of allylic oxidation sites excluding steroid dienone is 2. The molecule has 0 rings (SSSR count). The first-order valence-corrected chi connectivity index (χ1v) is 11.3. The van der Waals surface area contributed by atoms with Gasteiger partial charge in [-0.3, -0.25) is 9.05 Å². The molecule has 0 bridgehead atoms. The fourth-order valence-electron chi connectivity index (χ4n) is 2.58. The first-order chi connectivity index (χ1) is 11.6. The van der Waals surface area contributed by atoms with Crippen molar-refractivity contribution in [1.82, 2.24) is 0 Å². The molecule has 0 radical (unpaired) electrons. The van der Waals surface area contributed by atoms with Crippen molar-refractivity contribution >= 4 is 7.82 Å². The quantitative estimate of drug-likeness (QED) is 0.166. The zero-order valence-corrected chi connectivity index (χ0v) is 16.8. The predicted molar refractivity (Wildman–Crippen MR) is 102 cm³/mol. The molecule has 0 saturated carbocycles. The fraction of sp³-hybridized carbons (Fsp3) is 0.895. The largest absolute Gasteiger partial charge is 0.471 e. The Kier molecular flexibility index (Phi) is 17.6. The minimum atomic E-state index is -3.77. The average Bonchev–Trinajstić information content (AvgIpc) is 2.57. The van der Waals surface area contributed by atoms with Gasteiger partial charge in [0.25, 0.3) is 0 Å². The third-order valence-electron chi connectivity index (χ3n) is 4.14. The number of hydrogen-bond donors (Lipinski definition) is 1. The minimum absolute atomic E-state index is 0.294. The molecule has 144 valence electrons. The van der Waals surface area contributed by atoms with E-state index >= 15 is 0 Å². The lowest BCUT2D eigenvalue weighted by Crippen LogP contribution is -1.94. The van der Waals surface area contributed by atoms with Gasteiger partial charge in [-0.25, -0.2) is 4.57 Å². The summed E-state index contributed by atoms with van der Waals surface area (Å²) in [5, 5.41) is 0. The molecule has 24 heavy (non-hydrogen) atoms. The number of phosphoric acid groups is 1. The Hall–Kier alpha value is -0.150. The molecule has 0 heterocycles. The van der Waals surface area contributed by atoms with Crippen LogP contribution < -0.4 is 0 Å². The summed E-state index contributed by atoms with van der Waals surface area (Å²) in [4.78, 5) is 9.05. The van der Waals surface area contributed by atoms with Crippen LogP contribution in [-0.4, -0.2) is 18.6 Å². The van der Waals surface area contributed by atoms with Crippen LogP contribution in [0.4, 0.5) is 0 Å². The minimum Gasteiger partial charge on any atom is -0.303 e. The van der Waals surface area contributed by atoms with Crippen molar-refractivity contribution in [2.75, 3.05) is 13.7 Å². The van der Waals surface area contributed by atoms with Gasteiger partial charge in [0.1, 0.15) is 0 Å². The van der Waals surface area contributed by atoms with Gasteiger partial charge in [0, 0.05) is 7.11 Å². The Morgan fingerprint density at radius 2 is 1.25 bits per heavy atom. The van der Waals surface area contributed by atoms with Gasteiger partial charge in [-0.15, -0.1) is 0 Å². The second kappa shape index (κ2) is 17.7. The highest BCUT2D eigenvalue weighted by Crippen LogP contribution is 2.41. The first-order valence-electron chi connectivity index (χ1n) is 9.80. The molecule has 0 aromatic carbocycles. The molecule has 4 nitrogen and oxygen atoms in total. The van der Waals surface area contributed by atoms with Gasteiger partial charge in [-0.2, -0.15) is 0 Å². The van der Waals surface area contributed by atoms with Gasteiger partial charge in [0.2, 0.25) is 0 Å². The summed E-state index contributed by atoms with van der Waals surface area (Å²) in [5.74, 6) is 0. The van der Waals surface area contributed by atoms with Crippen molar-refractivity contribution in [1.29, 1.82) is 0 Å². The zero-order valence-electron chi connectivity index (χ0n) is 15.9. The molecule has 0 aromatic heterocycles. The lowest BCUT2D eigenvalue weighted by molar-refractivity contribution is 0.170. The number of hydrogen-bond acceptors (Lipinski definition) is 3. The maximum atomic E-state index is 11.0. The van der Waals surface area contributed by atoms with E-state index in [-0.39, 0.29) is 0 Å². The van der Waals surface area contributed by atoms with Crippen molar-refractivity contribution in [3.8, 4) is 0 Å². The molecule has 0 spiro atoms. The van der Waals surface area contributed by atoms with Crippen LogP contribution in [0.25, 0.3) is 0 Å². The van der Waals surface area contributed by atoms with Crippen LogP contribution >= 0.6 is 7.82 Å². The van der Waals surface area contributed by atoms with Gasteiger partial charge >= 0.3 is 7.82 Å². The molecule has 1 unspecified atom stereocenters. The van der Waals surface area contributed by atoms with E-state index < -0.39 is 7.82 Å². The van der Waals surface area contributed by atoms with Gasteiger partial charge in [0.15, 0.2) is 0 Å². The normalized spacial score (nSPS) is 14.3. The number of phosphoric ester groups is 1. The highest BCUT2D eigenvalue weighted by molar-refractivity contribution is 7.47. The van der Waals surface area contributed by atoms with Crippen LogP contribution in [0.1, 0.15) is 96.8 Å². The maximum Gasteiger partial charge on any atom is 0.471 e. The summed E-state index contributed by atoms with van der Waals surface area (Å²) >= 11 is 0. The molecule has 0 amide bonds. The Labute approximate surface area is 149 Å². The van der Waals surface area contributed by atoms with Crippen LogP contribution in [0.3, 0.4) is 0 Å². The molecule has 1 N–H and O–H groups in total. The first kappa shape index (κ1) is 23.9. The van der Waals surface area contributed by atoms with E-state index in [9.17, 15) is 4.57 Å². The second-order valence-corrected chi connectivity index (χ2v) is 7.98. The van der Waals surface area contributed by atoms with E-state index in [0.29, 0.717) is 6.61 Å². The molecular formula is C19H39O4P. The second-order valence-electron chi connectivity index (χ2n) is 6.42. The number of rotatable bonds is 18. The molecule has 0 aliphatic carbocycles. The molecule has 0 fully saturated rings. The van der Waals surface area contributed by atoms with Crippen molar-refractivity contribution in [3.63, 3.8) is 0 Å². The van der Waals surface area contributed by atoms with Crippen molar-refractivity contribution < 1.29 is 18.5 Å². The van der Waals surface area contributed by atoms with Crippen molar-refractivity contribution in [2.24, 2.45) is 0 Å². The zero-order chi connectivity index (χ0) is 17.9. The molecule has 1 atom stereocenters. The highest BCUT2D eigenvalue weighted by atomic mass is 31.2. The van der Waals surface area contributed by atoms with E-state index in [1.165, 1.54) is 77.7 Å². The van der Waals surface area contributed by atoms with E-state index in [4.69, 9.17) is 9.42 Å². The topological polar surface area (TPSA) is 55.8 Å². The standard InChI is InChI=1S/C19H39O4P/c1-3-4-5-6-7-8-9-10-11-12-13-14-15-16-17-18-19-23-24(20,21)22-2/h10-11H,3-9,12-19H2,1-2H3,(H,20,21)/b11-10-. The Bertz CT molecular complexity index is 331. The maximum absolute atomic E-state index is 11.0. The Morgan fingerprint density at radius 3 is 1.75 bits per heavy atom. The van der Waals surface area contributed by atoms with Gasteiger partial charge < -0.3 is 4.89 Å².